The maximum Gasteiger partial charge on any atom is 0.320 e. The van der Waals surface area contributed by atoms with Gasteiger partial charge in [0, 0.05) is 21.2 Å². The normalized spacial score (nSPS) is 10.7. The van der Waals surface area contributed by atoms with Crippen LogP contribution in [0.25, 0.3) is 0 Å². The number of likely N-dealkylation sites (N-methyl/N-ethyl adjacent to an activating group) is 1. The zero-order valence-electron chi connectivity index (χ0n) is 10.3. The number of hydrogen-bond acceptors (Lipinski definition) is 3. The van der Waals surface area contributed by atoms with Crippen molar-refractivity contribution in [2.24, 2.45) is 0 Å². The van der Waals surface area contributed by atoms with Gasteiger partial charge < -0.3 is 15.5 Å². The van der Waals surface area contributed by atoms with E-state index >= 15 is 0 Å². The molecule has 0 aliphatic heterocycles. The summed E-state index contributed by atoms with van der Waals surface area (Å²) < 4.78 is 0. The van der Waals surface area contributed by atoms with Crippen LogP contribution in [0.3, 0.4) is 0 Å². The molecule has 0 aliphatic rings. The van der Waals surface area contributed by atoms with E-state index in [1.165, 1.54) is 0 Å². The molecule has 0 fully saturated rings. The molecule has 0 aromatic heterocycles. The average Bonchev–Trinajstić information content (AvgIpc) is 2.25. The van der Waals surface area contributed by atoms with Crippen molar-refractivity contribution in [3.8, 4) is 0 Å². The van der Waals surface area contributed by atoms with E-state index < -0.39 is 18.0 Å². The molecule has 0 rings (SSSR count). The van der Waals surface area contributed by atoms with Crippen molar-refractivity contribution in [2.75, 3.05) is 6.54 Å². The molecule has 0 saturated carbocycles. The molecular formula is C9H18B3NO4. The first-order valence-electron chi connectivity index (χ1n) is 5.54. The van der Waals surface area contributed by atoms with Gasteiger partial charge in [0.15, 0.2) is 0 Å². The van der Waals surface area contributed by atoms with Crippen LogP contribution >= 0.6 is 0 Å². The number of carboxylic acid groups (broad SMARTS) is 2. The van der Waals surface area contributed by atoms with Gasteiger partial charge in [-0.3, -0.25) is 9.59 Å². The minimum atomic E-state index is -1.00. The van der Waals surface area contributed by atoms with Crippen LogP contribution < -0.4 is 5.32 Å². The number of rotatable bonds is 8. The predicted molar refractivity (Wildman–Crippen MR) is 69.7 cm³/mol. The minimum Gasteiger partial charge on any atom is -0.481 e. The van der Waals surface area contributed by atoms with Gasteiger partial charge in [0.1, 0.15) is 6.04 Å². The summed E-state index contributed by atoms with van der Waals surface area (Å²) in [7, 11) is 8.42. The number of carboxylic acids is 2. The molecule has 0 aromatic rings. The van der Waals surface area contributed by atoms with Gasteiger partial charge in [0.2, 0.25) is 0 Å². The number of hydrogen-bond donors (Lipinski definition) is 3. The maximum atomic E-state index is 10.4. The van der Waals surface area contributed by atoms with Gasteiger partial charge in [-0.1, -0.05) is 20.2 Å². The SMILES string of the molecule is CCNC(CCC(=O)O)C(=O)O.[B][B][B]CC. The first kappa shape index (κ1) is 18.5. The monoisotopic (exact) mass is 237 g/mol. The third kappa shape index (κ3) is 15.1. The fourth-order valence-electron chi connectivity index (χ4n) is 0.963. The number of carbonyl (C=O) groups is 2. The molecule has 8 heteroatoms. The van der Waals surface area contributed by atoms with Gasteiger partial charge in [-0.15, -0.1) is 0 Å². The molecule has 4 radical (unpaired) electrons. The summed E-state index contributed by atoms with van der Waals surface area (Å²) in [6.07, 6.45) is 1.04. The lowest BCUT2D eigenvalue weighted by molar-refractivity contribution is -0.140. The largest absolute Gasteiger partial charge is 0.481 e. The summed E-state index contributed by atoms with van der Waals surface area (Å²) in [5.74, 6) is -1.97. The summed E-state index contributed by atoms with van der Waals surface area (Å²) in [6.45, 7) is 4.34. The van der Waals surface area contributed by atoms with E-state index in [2.05, 4.69) is 5.32 Å². The van der Waals surface area contributed by atoms with Crippen molar-refractivity contribution in [1.29, 1.82) is 0 Å². The van der Waals surface area contributed by atoms with Crippen molar-refractivity contribution < 1.29 is 19.8 Å². The Hall–Kier alpha value is -0.905. The Labute approximate surface area is 105 Å². The zero-order valence-corrected chi connectivity index (χ0v) is 10.3. The zero-order chi connectivity index (χ0) is 13.7. The van der Waals surface area contributed by atoms with E-state index in [0.29, 0.717) is 6.54 Å². The van der Waals surface area contributed by atoms with Gasteiger partial charge in [-0.25, -0.2) is 0 Å². The summed E-state index contributed by atoms with van der Waals surface area (Å²) in [4.78, 5) is 20.6. The molecular weight excluding hydrogens is 219 g/mol. The van der Waals surface area contributed by atoms with Crippen LogP contribution in [-0.4, -0.2) is 56.7 Å². The Morgan fingerprint density at radius 3 is 2.18 bits per heavy atom. The molecule has 1 atom stereocenters. The van der Waals surface area contributed by atoms with Crippen LogP contribution in [0.15, 0.2) is 0 Å². The fourth-order valence-corrected chi connectivity index (χ4v) is 0.963. The summed E-state index contributed by atoms with van der Waals surface area (Å²) in [5, 5.41) is 19.5. The van der Waals surface area contributed by atoms with Crippen LogP contribution in [0, 0.1) is 0 Å². The molecule has 0 amide bonds. The molecule has 1 unspecified atom stereocenters. The second-order valence-electron chi connectivity index (χ2n) is 3.22. The second-order valence-corrected chi connectivity index (χ2v) is 3.22. The minimum absolute atomic E-state index is 0.121. The first-order chi connectivity index (χ1) is 7.99. The van der Waals surface area contributed by atoms with E-state index in [4.69, 9.17) is 18.0 Å². The highest BCUT2D eigenvalue weighted by molar-refractivity contribution is 7.23. The van der Waals surface area contributed by atoms with Gasteiger partial charge >= 0.3 is 11.9 Å². The highest BCUT2D eigenvalue weighted by Crippen LogP contribution is 1.97. The third-order valence-electron chi connectivity index (χ3n) is 1.77. The van der Waals surface area contributed by atoms with E-state index in [1.807, 2.05) is 14.1 Å². The molecule has 0 bridgehead atoms. The Morgan fingerprint density at radius 1 is 1.35 bits per heavy atom. The van der Waals surface area contributed by atoms with Gasteiger partial charge in [0.25, 0.3) is 0 Å². The standard InChI is InChI=1S/C7H13NO4.C2H5B3/c1-2-8-5(7(11)12)3-4-6(9)10;1-2-4-5-3/h5,8H,2-4H2,1H3,(H,9,10)(H,11,12);2H2,1H3. The first-order valence-corrected chi connectivity index (χ1v) is 5.54. The van der Waals surface area contributed by atoms with Crippen molar-refractivity contribution in [3.05, 3.63) is 0 Å². The van der Waals surface area contributed by atoms with Crippen LogP contribution in [0.4, 0.5) is 0 Å². The molecule has 92 valence electrons. The number of nitrogens with one attached hydrogen (secondary N) is 1. The summed E-state index contributed by atoms with van der Waals surface area (Å²) in [5.41, 5.74) is 0. The van der Waals surface area contributed by atoms with Crippen LogP contribution in [0.1, 0.15) is 26.7 Å². The van der Waals surface area contributed by atoms with Crippen molar-refractivity contribution in [3.63, 3.8) is 0 Å². The van der Waals surface area contributed by atoms with Crippen LogP contribution in [-0.2, 0) is 9.59 Å². The van der Waals surface area contributed by atoms with Gasteiger partial charge in [-0.2, -0.15) is 0 Å². The topological polar surface area (TPSA) is 86.6 Å². The highest BCUT2D eigenvalue weighted by Gasteiger charge is 2.16. The lowest BCUT2D eigenvalue weighted by Gasteiger charge is -2.10. The molecule has 0 heterocycles. The van der Waals surface area contributed by atoms with Crippen LogP contribution in [0.5, 0.6) is 0 Å². The van der Waals surface area contributed by atoms with E-state index in [9.17, 15) is 9.59 Å². The lowest BCUT2D eigenvalue weighted by Crippen LogP contribution is -2.36. The van der Waals surface area contributed by atoms with Crippen molar-refractivity contribution in [2.45, 2.75) is 39.1 Å². The van der Waals surface area contributed by atoms with E-state index in [0.717, 1.165) is 6.32 Å². The smallest absolute Gasteiger partial charge is 0.320 e. The Morgan fingerprint density at radius 2 is 1.94 bits per heavy atom. The van der Waals surface area contributed by atoms with Crippen molar-refractivity contribution in [1.82, 2.24) is 5.32 Å². The second kappa shape index (κ2) is 13.2. The van der Waals surface area contributed by atoms with Crippen LogP contribution in [0.2, 0.25) is 6.32 Å². The van der Waals surface area contributed by atoms with Gasteiger partial charge in [0.05, 0.1) is 7.17 Å². The maximum absolute atomic E-state index is 10.4. The van der Waals surface area contributed by atoms with Gasteiger partial charge in [-0.05, 0) is 13.0 Å². The third-order valence-corrected chi connectivity index (χ3v) is 1.77. The molecule has 0 spiro atoms. The average molecular weight is 237 g/mol. The molecule has 0 aromatic carbocycles. The Balaban J connectivity index is 0. The van der Waals surface area contributed by atoms with E-state index in [1.54, 1.807) is 14.0 Å². The number of aliphatic carboxylic acids is 2. The quantitative estimate of drug-likeness (QED) is 0.506. The Bertz CT molecular complexity index is 214. The van der Waals surface area contributed by atoms with Crippen molar-refractivity contribution >= 4 is 33.9 Å². The lowest BCUT2D eigenvalue weighted by atomic mass is 9.27. The molecule has 3 N–H and O–H groups in total. The fraction of sp³-hybridized carbons (Fsp3) is 0.778. The van der Waals surface area contributed by atoms with E-state index in [-0.39, 0.29) is 12.8 Å². The summed E-state index contributed by atoms with van der Waals surface area (Å²) >= 11 is 0. The molecule has 0 aliphatic carbocycles. The predicted octanol–water partition coefficient (Wildman–Crippen LogP) is -0.255. The summed E-state index contributed by atoms with van der Waals surface area (Å²) in [6, 6.07) is -0.744. The highest BCUT2D eigenvalue weighted by atomic mass is 16.4. The molecule has 5 nitrogen and oxygen atoms in total. The molecule has 0 saturated heterocycles. The Kier molecular flexibility index (Phi) is 14.3. The molecule has 17 heavy (non-hydrogen) atoms.